The second-order valence-electron chi connectivity index (χ2n) is 7.86. The number of anilines is 4. The number of rotatable bonds is 7. The maximum atomic E-state index is 12.4. The van der Waals surface area contributed by atoms with Crippen LogP contribution in [0.1, 0.15) is 23.2 Å². The molecule has 34 heavy (non-hydrogen) atoms. The van der Waals surface area contributed by atoms with Gasteiger partial charge < -0.3 is 36.4 Å². The summed E-state index contributed by atoms with van der Waals surface area (Å²) in [7, 11) is 0. The van der Waals surface area contributed by atoms with Crippen molar-refractivity contribution in [3.05, 3.63) is 40.2 Å². The van der Waals surface area contributed by atoms with E-state index in [-0.39, 0.29) is 73.7 Å². The molecular formula is C20H23CaN7O6. The molecule has 13 nitrogen and oxygen atoms in total. The molecule has 176 valence electrons. The molecular weight excluding hydrogens is 474 g/mol. The Bertz CT molecular complexity index is 1160. The van der Waals surface area contributed by atoms with Crippen molar-refractivity contribution in [3.63, 3.8) is 0 Å². The number of H-pyrrole nitrogens is 1. The Balaban J connectivity index is 0.00000324. The van der Waals surface area contributed by atoms with Crippen molar-refractivity contribution in [2.75, 3.05) is 40.6 Å². The smallest absolute Gasteiger partial charge is 0.326 e. The van der Waals surface area contributed by atoms with Crippen molar-refractivity contribution < 1.29 is 24.6 Å². The van der Waals surface area contributed by atoms with E-state index >= 15 is 0 Å². The number of aromatic amines is 1. The molecule has 2 atom stereocenters. The van der Waals surface area contributed by atoms with E-state index in [0.29, 0.717) is 31.3 Å². The molecule has 2 aromatic rings. The van der Waals surface area contributed by atoms with Crippen LogP contribution in [-0.2, 0) is 9.59 Å². The van der Waals surface area contributed by atoms with Gasteiger partial charge in [-0.1, -0.05) is 0 Å². The van der Waals surface area contributed by atoms with E-state index in [2.05, 4.69) is 20.6 Å². The van der Waals surface area contributed by atoms with Gasteiger partial charge in [0.05, 0.1) is 12.7 Å². The quantitative estimate of drug-likeness (QED) is 0.259. The van der Waals surface area contributed by atoms with Crippen LogP contribution < -0.4 is 31.7 Å². The average Bonchev–Trinajstić information content (AvgIpc) is 3.20. The predicted octanol–water partition coefficient (Wildman–Crippen LogP) is -0.903. The molecule has 1 fully saturated rings. The first-order chi connectivity index (χ1) is 15.7. The molecule has 4 rings (SSSR count). The summed E-state index contributed by atoms with van der Waals surface area (Å²) in [5, 5.41) is 23.4. The number of nitrogens with zero attached hydrogens (tertiary/aromatic N) is 3. The molecule has 3 heterocycles. The number of carboxylic acids is 2. The number of amides is 1. The zero-order valence-electron chi connectivity index (χ0n) is 18.2. The van der Waals surface area contributed by atoms with Crippen LogP contribution in [0.3, 0.4) is 0 Å². The van der Waals surface area contributed by atoms with E-state index in [0.717, 1.165) is 5.69 Å². The third kappa shape index (κ3) is 5.37. The Kier molecular flexibility index (Phi) is 7.89. The van der Waals surface area contributed by atoms with Crippen molar-refractivity contribution in [3.8, 4) is 0 Å². The molecule has 2 radical (unpaired) electrons. The van der Waals surface area contributed by atoms with Crippen LogP contribution in [0.25, 0.3) is 0 Å². The van der Waals surface area contributed by atoms with Gasteiger partial charge in [0.2, 0.25) is 5.95 Å². The number of hydrogen-bond donors (Lipinski definition) is 6. The molecule has 2 aliphatic rings. The second kappa shape index (κ2) is 10.5. The van der Waals surface area contributed by atoms with E-state index in [1.54, 1.807) is 24.3 Å². The van der Waals surface area contributed by atoms with Gasteiger partial charge in [-0.3, -0.25) is 19.4 Å². The van der Waals surface area contributed by atoms with Crippen LogP contribution in [0.15, 0.2) is 29.1 Å². The van der Waals surface area contributed by atoms with Crippen molar-refractivity contribution in [2.24, 2.45) is 0 Å². The predicted molar refractivity (Wildman–Crippen MR) is 124 cm³/mol. The molecule has 0 spiro atoms. The van der Waals surface area contributed by atoms with Gasteiger partial charge in [-0.15, -0.1) is 0 Å². The van der Waals surface area contributed by atoms with Gasteiger partial charge in [0.15, 0.2) is 5.82 Å². The second-order valence-corrected chi connectivity index (χ2v) is 7.86. The summed E-state index contributed by atoms with van der Waals surface area (Å²) < 4.78 is 0. The Hall–Kier alpha value is -3.03. The number of benzene rings is 1. The SMILES string of the molecule is Nc1nc2c(c(=O)[nH]1)N1CN(c3ccc(C(=O)N[C@@H](CCC(=O)O)C(=O)O)cc3)C[C@@H]1CN2.[Ca]. The molecule has 7 N–H and O–H groups in total. The molecule has 0 bridgehead atoms. The molecule has 0 unspecified atom stereocenters. The van der Waals surface area contributed by atoms with Gasteiger partial charge in [0, 0.05) is 68.5 Å². The normalized spacial score (nSPS) is 17.0. The number of hydrogen-bond acceptors (Lipinski definition) is 9. The van der Waals surface area contributed by atoms with Gasteiger partial charge in [-0.25, -0.2) is 4.79 Å². The van der Waals surface area contributed by atoms with Crippen LogP contribution in [0.2, 0.25) is 0 Å². The molecule has 2 aliphatic heterocycles. The first-order valence-corrected chi connectivity index (χ1v) is 10.2. The first kappa shape index (κ1) is 25.6. The molecule has 0 saturated carbocycles. The number of fused-ring (bicyclic) bond motifs is 3. The van der Waals surface area contributed by atoms with Gasteiger partial charge >= 0.3 is 11.9 Å². The largest absolute Gasteiger partial charge is 0.481 e. The third-order valence-electron chi connectivity index (χ3n) is 5.65. The summed E-state index contributed by atoms with van der Waals surface area (Å²) in [4.78, 5) is 57.5. The maximum absolute atomic E-state index is 12.4. The number of carboxylic acid groups (broad SMARTS) is 2. The van der Waals surface area contributed by atoms with Crippen molar-refractivity contribution >= 4 is 78.7 Å². The Labute approximate surface area is 223 Å². The summed E-state index contributed by atoms with van der Waals surface area (Å²) in [6, 6.07) is 5.35. The minimum absolute atomic E-state index is 0. The Morgan fingerprint density at radius 3 is 2.59 bits per heavy atom. The molecule has 14 heteroatoms. The number of aromatic nitrogens is 2. The Morgan fingerprint density at radius 2 is 1.94 bits per heavy atom. The van der Waals surface area contributed by atoms with Crippen molar-refractivity contribution in [1.82, 2.24) is 15.3 Å². The van der Waals surface area contributed by atoms with E-state index in [4.69, 9.17) is 10.8 Å². The van der Waals surface area contributed by atoms with E-state index in [9.17, 15) is 24.3 Å². The summed E-state index contributed by atoms with van der Waals surface area (Å²) in [5.41, 5.74) is 6.81. The number of nitrogen functional groups attached to an aromatic ring is 1. The number of carbonyl (C=O) groups excluding carboxylic acids is 1. The summed E-state index contributed by atoms with van der Waals surface area (Å²) in [6.07, 6.45) is -0.583. The fraction of sp³-hybridized carbons (Fsp3) is 0.350. The molecule has 1 saturated heterocycles. The van der Waals surface area contributed by atoms with Gasteiger partial charge in [-0.05, 0) is 30.7 Å². The summed E-state index contributed by atoms with van der Waals surface area (Å²) in [6.45, 7) is 1.67. The number of carbonyl (C=O) groups is 3. The van der Waals surface area contributed by atoms with Gasteiger partial charge in [0.1, 0.15) is 11.7 Å². The van der Waals surface area contributed by atoms with Gasteiger partial charge in [0.25, 0.3) is 11.5 Å². The van der Waals surface area contributed by atoms with Crippen molar-refractivity contribution in [2.45, 2.75) is 24.9 Å². The molecule has 1 aromatic heterocycles. The number of nitrogens with one attached hydrogen (secondary N) is 3. The topological polar surface area (TPSA) is 194 Å². The molecule has 1 amide bonds. The fourth-order valence-corrected chi connectivity index (χ4v) is 4.00. The zero-order valence-corrected chi connectivity index (χ0v) is 20.4. The van der Waals surface area contributed by atoms with E-state index in [1.165, 1.54) is 0 Å². The van der Waals surface area contributed by atoms with Crippen LogP contribution in [0, 0.1) is 0 Å². The summed E-state index contributed by atoms with van der Waals surface area (Å²) in [5.74, 6) is -2.55. The Morgan fingerprint density at radius 1 is 1.24 bits per heavy atom. The monoisotopic (exact) mass is 497 g/mol. The minimum Gasteiger partial charge on any atom is -0.481 e. The first-order valence-electron chi connectivity index (χ1n) is 10.2. The third-order valence-corrected chi connectivity index (χ3v) is 5.65. The van der Waals surface area contributed by atoms with E-state index in [1.807, 2.05) is 9.80 Å². The average molecular weight is 498 g/mol. The standard InChI is InChI=1S/C20H23N7O6.Ca/c21-20-24-16-15(18(31)25-20)27-9-26(8-12(27)7-22-16)11-3-1-10(2-4-11)17(30)23-13(19(32)33)5-6-14(28)29;/h1-4,12-13H,5-9H2,(H,23,30)(H,28,29)(H,32,33)(H4,21,22,24,25,31);/t12-,13-;/m0./s1. The minimum atomic E-state index is -1.30. The van der Waals surface area contributed by atoms with Crippen LogP contribution in [-0.4, -0.2) is 108 Å². The van der Waals surface area contributed by atoms with Crippen molar-refractivity contribution in [1.29, 1.82) is 0 Å². The van der Waals surface area contributed by atoms with Crippen LogP contribution >= 0.6 is 0 Å². The van der Waals surface area contributed by atoms with E-state index < -0.39 is 23.9 Å². The van der Waals surface area contributed by atoms with Crippen LogP contribution in [0.5, 0.6) is 0 Å². The number of aliphatic carboxylic acids is 2. The fourth-order valence-electron chi connectivity index (χ4n) is 4.00. The number of nitrogens with two attached hydrogens (primary N) is 1. The summed E-state index contributed by atoms with van der Waals surface area (Å²) >= 11 is 0. The zero-order chi connectivity index (χ0) is 23.7. The molecule has 1 aromatic carbocycles. The van der Waals surface area contributed by atoms with Gasteiger partial charge in [-0.2, -0.15) is 4.98 Å². The maximum Gasteiger partial charge on any atom is 0.326 e. The molecule has 0 aliphatic carbocycles. The van der Waals surface area contributed by atoms with Crippen LogP contribution in [0.4, 0.5) is 23.1 Å².